The highest BCUT2D eigenvalue weighted by Gasteiger charge is 2.08. The molecular weight excluding hydrogens is 429 g/mol. The smallest absolute Gasteiger partial charge is 0.271 e. The first-order valence-electron chi connectivity index (χ1n) is 7.19. The van der Waals surface area contributed by atoms with Gasteiger partial charge < -0.3 is 5.32 Å². The van der Waals surface area contributed by atoms with Crippen LogP contribution in [0.25, 0.3) is 0 Å². The summed E-state index contributed by atoms with van der Waals surface area (Å²) in [6.07, 6.45) is 0.0286. The molecule has 2 amide bonds. The van der Waals surface area contributed by atoms with E-state index in [0.29, 0.717) is 27.0 Å². The summed E-state index contributed by atoms with van der Waals surface area (Å²) >= 11 is 15.0. The van der Waals surface area contributed by atoms with Gasteiger partial charge in [0.05, 0.1) is 16.5 Å². The van der Waals surface area contributed by atoms with Crippen molar-refractivity contribution < 1.29 is 9.59 Å². The lowest BCUT2D eigenvalue weighted by Gasteiger charge is -2.06. The molecule has 0 saturated carbocycles. The third-order valence-electron chi connectivity index (χ3n) is 3.07. The standard InChI is InChI=1S/C17H14BrCl2N3O2/c1-10(22-23-17(25)11-2-4-12(18)5-3-11)8-16(24)21-13-6-7-14(19)15(20)9-13/h2-7,9H,8H2,1H3,(H,21,24)(H,23,25)/b22-10+. The van der Waals surface area contributed by atoms with E-state index in [4.69, 9.17) is 23.2 Å². The number of carbonyl (C=O) groups is 2. The maximum absolute atomic E-state index is 12.0. The van der Waals surface area contributed by atoms with Gasteiger partial charge in [-0.15, -0.1) is 0 Å². The Bertz CT molecular complexity index is 823. The van der Waals surface area contributed by atoms with Crippen LogP contribution in [0.15, 0.2) is 52.0 Å². The molecule has 5 nitrogen and oxygen atoms in total. The molecule has 0 radical (unpaired) electrons. The fraction of sp³-hybridized carbons (Fsp3) is 0.118. The van der Waals surface area contributed by atoms with Crippen molar-refractivity contribution in [1.29, 1.82) is 0 Å². The number of benzene rings is 2. The summed E-state index contributed by atoms with van der Waals surface area (Å²) in [5, 5.41) is 7.38. The van der Waals surface area contributed by atoms with Gasteiger partial charge in [0.1, 0.15) is 0 Å². The zero-order chi connectivity index (χ0) is 18.4. The minimum Gasteiger partial charge on any atom is -0.326 e. The maximum atomic E-state index is 12.0. The van der Waals surface area contributed by atoms with Crippen LogP contribution >= 0.6 is 39.1 Å². The Balaban J connectivity index is 1.89. The maximum Gasteiger partial charge on any atom is 0.271 e. The topological polar surface area (TPSA) is 70.6 Å². The van der Waals surface area contributed by atoms with Gasteiger partial charge in [0.15, 0.2) is 0 Å². The van der Waals surface area contributed by atoms with E-state index in [1.54, 1.807) is 49.4 Å². The number of hydrogen-bond donors (Lipinski definition) is 2. The summed E-state index contributed by atoms with van der Waals surface area (Å²) < 4.78 is 0.878. The average Bonchev–Trinajstić information content (AvgIpc) is 2.56. The van der Waals surface area contributed by atoms with Crippen molar-refractivity contribution in [2.75, 3.05) is 5.32 Å². The average molecular weight is 443 g/mol. The summed E-state index contributed by atoms with van der Waals surface area (Å²) in [5.41, 5.74) is 3.89. The van der Waals surface area contributed by atoms with E-state index < -0.39 is 0 Å². The van der Waals surface area contributed by atoms with Crippen molar-refractivity contribution in [2.24, 2.45) is 5.10 Å². The highest BCUT2D eigenvalue weighted by molar-refractivity contribution is 9.10. The molecule has 130 valence electrons. The lowest BCUT2D eigenvalue weighted by Crippen LogP contribution is -2.21. The fourth-order valence-electron chi connectivity index (χ4n) is 1.86. The van der Waals surface area contributed by atoms with Crippen LogP contribution in [0.4, 0.5) is 5.69 Å². The predicted molar refractivity (Wildman–Crippen MR) is 104 cm³/mol. The number of hydrogen-bond acceptors (Lipinski definition) is 3. The first-order valence-corrected chi connectivity index (χ1v) is 8.74. The van der Waals surface area contributed by atoms with Crippen LogP contribution in [-0.4, -0.2) is 17.5 Å². The third-order valence-corrected chi connectivity index (χ3v) is 4.34. The monoisotopic (exact) mass is 441 g/mol. The normalized spacial score (nSPS) is 11.1. The van der Waals surface area contributed by atoms with Crippen LogP contribution in [0.5, 0.6) is 0 Å². The Labute approximate surface area is 163 Å². The Hall–Kier alpha value is -1.89. The largest absolute Gasteiger partial charge is 0.326 e. The minimum atomic E-state index is -0.350. The quantitative estimate of drug-likeness (QED) is 0.511. The van der Waals surface area contributed by atoms with E-state index in [-0.39, 0.29) is 18.2 Å². The second-order valence-corrected chi connectivity index (χ2v) is 6.88. The molecule has 0 spiro atoms. The Morgan fingerprint density at radius 3 is 2.40 bits per heavy atom. The Morgan fingerprint density at radius 2 is 1.76 bits per heavy atom. The number of nitrogens with one attached hydrogen (secondary N) is 2. The van der Waals surface area contributed by atoms with Crippen molar-refractivity contribution in [3.05, 3.63) is 62.5 Å². The van der Waals surface area contributed by atoms with Crippen LogP contribution in [0.2, 0.25) is 10.0 Å². The van der Waals surface area contributed by atoms with Gasteiger partial charge in [-0.3, -0.25) is 9.59 Å². The van der Waals surface area contributed by atoms with Gasteiger partial charge in [0.2, 0.25) is 5.91 Å². The second kappa shape index (κ2) is 8.99. The van der Waals surface area contributed by atoms with Gasteiger partial charge in [-0.2, -0.15) is 5.10 Å². The molecule has 0 saturated heterocycles. The third kappa shape index (κ3) is 6.16. The first kappa shape index (κ1) is 19.4. The van der Waals surface area contributed by atoms with Gasteiger partial charge in [0.25, 0.3) is 5.91 Å². The number of halogens is 3. The number of nitrogens with zero attached hydrogens (tertiary/aromatic N) is 1. The molecule has 0 atom stereocenters. The first-order chi connectivity index (χ1) is 11.8. The van der Waals surface area contributed by atoms with Gasteiger partial charge in [-0.25, -0.2) is 5.43 Å². The van der Waals surface area contributed by atoms with Gasteiger partial charge in [0, 0.05) is 21.4 Å². The van der Waals surface area contributed by atoms with Crippen molar-refractivity contribution in [3.63, 3.8) is 0 Å². The lowest BCUT2D eigenvalue weighted by molar-refractivity contribution is -0.115. The number of carbonyl (C=O) groups excluding carboxylic acids is 2. The highest BCUT2D eigenvalue weighted by atomic mass is 79.9. The highest BCUT2D eigenvalue weighted by Crippen LogP contribution is 2.25. The van der Waals surface area contributed by atoms with Crippen molar-refractivity contribution in [3.8, 4) is 0 Å². The van der Waals surface area contributed by atoms with E-state index in [1.165, 1.54) is 0 Å². The van der Waals surface area contributed by atoms with E-state index in [9.17, 15) is 9.59 Å². The van der Waals surface area contributed by atoms with Gasteiger partial charge >= 0.3 is 0 Å². The minimum absolute atomic E-state index is 0.0286. The number of amides is 2. The van der Waals surface area contributed by atoms with E-state index in [1.807, 2.05) is 0 Å². The summed E-state index contributed by atoms with van der Waals surface area (Å²) in [7, 11) is 0. The molecule has 8 heteroatoms. The number of rotatable bonds is 5. The van der Waals surface area contributed by atoms with Crippen LogP contribution in [0.3, 0.4) is 0 Å². The molecule has 0 fully saturated rings. The predicted octanol–water partition coefficient (Wildman–Crippen LogP) is 4.89. The van der Waals surface area contributed by atoms with Crippen molar-refractivity contribution in [2.45, 2.75) is 13.3 Å². The molecule has 0 aliphatic heterocycles. The molecule has 0 bridgehead atoms. The van der Waals surface area contributed by atoms with Crippen LogP contribution in [0.1, 0.15) is 23.7 Å². The number of hydrazone groups is 1. The van der Waals surface area contributed by atoms with Crippen LogP contribution < -0.4 is 10.7 Å². The molecule has 2 aromatic carbocycles. The summed E-state index contributed by atoms with van der Waals surface area (Å²) in [4.78, 5) is 23.9. The zero-order valence-corrected chi connectivity index (χ0v) is 16.2. The molecule has 2 aromatic rings. The van der Waals surface area contributed by atoms with E-state index in [0.717, 1.165) is 4.47 Å². The molecule has 25 heavy (non-hydrogen) atoms. The van der Waals surface area contributed by atoms with Crippen LogP contribution in [0, 0.1) is 0 Å². The molecule has 0 aromatic heterocycles. The molecule has 2 N–H and O–H groups in total. The number of anilines is 1. The molecular formula is C17H14BrCl2N3O2. The molecule has 0 heterocycles. The lowest BCUT2D eigenvalue weighted by atomic mass is 10.2. The summed E-state index contributed by atoms with van der Waals surface area (Å²) in [5.74, 6) is -0.630. The summed E-state index contributed by atoms with van der Waals surface area (Å²) in [6, 6.07) is 11.7. The molecule has 0 unspecified atom stereocenters. The van der Waals surface area contributed by atoms with E-state index in [2.05, 4.69) is 31.8 Å². The second-order valence-electron chi connectivity index (χ2n) is 5.15. The van der Waals surface area contributed by atoms with Crippen molar-refractivity contribution >= 4 is 62.3 Å². The molecule has 0 aliphatic rings. The zero-order valence-electron chi connectivity index (χ0n) is 13.1. The summed E-state index contributed by atoms with van der Waals surface area (Å²) in [6.45, 7) is 1.65. The van der Waals surface area contributed by atoms with Crippen molar-refractivity contribution in [1.82, 2.24) is 5.43 Å². The molecule has 0 aliphatic carbocycles. The van der Waals surface area contributed by atoms with Gasteiger partial charge in [-0.1, -0.05) is 39.1 Å². The van der Waals surface area contributed by atoms with E-state index >= 15 is 0 Å². The SMILES string of the molecule is C/C(CC(=O)Nc1ccc(Cl)c(Cl)c1)=N\NC(=O)c1ccc(Br)cc1. The Morgan fingerprint density at radius 1 is 1.08 bits per heavy atom. The van der Waals surface area contributed by atoms with Gasteiger partial charge in [-0.05, 0) is 49.4 Å². The fourth-order valence-corrected chi connectivity index (χ4v) is 2.43. The van der Waals surface area contributed by atoms with Crippen LogP contribution in [-0.2, 0) is 4.79 Å². The molecule has 2 rings (SSSR count). The Kier molecular flexibility index (Phi) is 6.99.